The molecule has 470 valence electrons. The molecule has 0 amide bonds. The third-order valence-electron chi connectivity index (χ3n) is 13.8. The van der Waals surface area contributed by atoms with Gasteiger partial charge >= 0.3 is 56.6 Å². The van der Waals surface area contributed by atoms with Crippen molar-refractivity contribution < 1.29 is 75.5 Å². The van der Waals surface area contributed by atoms with E-state index in [0.717, 1.165) is 170 Å². The van der Waals surface area contributed by atoms with Crippen LogP contribution >= 0.6 is 0 Å². The van der Waals surface area contributed by atoms with Crippen LogP contribution in [0.2, 0.25) is 0 Å². The van der Waals surface area contributed by atoms with E-state index in [1.54, 1.807) is 0 Å². The van der Waals surface area contributed by atoms with Crippen LogP contribution in [0.4, 0.5) is 0 Å². The Kier molecular flexibility index (Phi) is 76.9. The van der Waals surface area contributed by atoms with Crippen LogP contribution in [0.3, 0.4) is 0 Å². The molecule has 0 saturated carbocycles. The zero-order valence-electron chi connectivity index (χ0n) is 59.0. The quantitative estimate of drug-likeness (QED) is 0.0197. The predicted molar refractivity (Wildman–Crippen MR) is 360 cm³/mol. The summed E-state index contributed by atoms with van der Waals surface area (Å²) in [5.41, 5.74) is 9.49. The summed E-state index contributed by atoms with van der Waals surface area (Å²) in [5.74, 6) is 0.379. The Balaban J connectivity index is -0.000000184. The number of unbranched alkanes of at least 4 members (excludes halogenated alkanes) is 6. The van der Waals surface area contributed by atoms with Crippen molar-refractivity contribution in [1.29, 1.82) is 0 Å². The molecule has 0 spiro atoms. The molecule has 0 heterocycles. The van der Waals surface area contributed by atoms with Gasteiger partial charge in [-0.25, -0.2) is 37.1 Å². The Hall–Kier alpha value is -1.13. The van der Waals surface area contributed by atoms with E-state index in [4.69, 9.17) is 18.9 Å². The molecule has 0 aromatic carbocycles. The second kappa shape index (κ2) is 66.8. The van der Waals surface area contributed by atoms with Crippen LogP contribution in [0.1, 0.15) is 196 Å². The fraction of sp³-hybridized carbons (Fsp3) is 0.708. The van der Waals surface area contributed by atoms with Gasteiger partial charge in [-0.2, -0.15) is 0 Å². The SMILES string of the molecule is C=C(C)C(CC/C(=C\[CH2-])CCCCC)OCCCN(C)C.C=C(C)C(CC/C([CH2-])=C\CCCCC)OCCCN(C)C.C=C(CCC(OCCCN(C)C)C(=C)C)C([CH2-])CCCC.C=CC(=C)CCC(OCCCN(C)C)C(=C)C.[Li+].[Li+].[Li+]. The first-order valence-corrected chi connectivity index (χ1v) is 31.3. The zero-order chi connectivity index (χ0) is 61.7. The molecule has 0 aliphatic carbocycles. The minimum absolute atomic E-state index is 0. The van der Waals surface area contributed by atoms with Crippen molar-refractivity contribution in [2.45, 2.75) is 221 Å². The Labute approximate surface area is 556 Å². The van der Waals surface area contributed by atoms with Crippen LogP contribution in [0.25, 0.3) is 0 Å². The minimum Gasteiger partial charge on any atom is -0.374 e. The number of allylic oxidation sites excluding steroid dienone is 7. The van der Waals surface area contributed by atoms with E-state index in [-0.39, 0.29) is 81.0 Å². The van der Waals surface area contributed by atoms with E-state index in [0.29, 0.717) is 5.92 Å². The van der Waals surface area contributed by atoms with Gasteiger partial charge in [0.05, 0.1) is 24.4 Å². The third kappa shape index (κ3) is 68.2. The normalized spacial score (nSPS) is 13.1. The van der Waals surface area contributed by atoms with E-state index in [2.05, 4.69) is 190 Å². The number of hydrogen-bond donors (Lipinski definition) is 0. The van der Waals surface area contributed by atoms with Crippen LogP contribution in [-0.4, -0.2) is 153 Å². The topological polar surface area (TPSA) is 49.9 Å². The Morgan fingerprint density at radius 3 is 1.11 bits per heavy atom. The maximum atomic E-state index is 6.00. The van der Waals surface area contributed by atoms with Crippen molar-refractivity contribution in [2.75, 3.05) is 109 Å². The molecule has 0 rings (SSSR count). The van der Waals surface area contributed by atoms with Crippen molar-refractivity contribution in [2.24, 2.45) is 5.92 Å². The summed E-state index contributed by atoms with van der Waals surface area (Å²) >= 11 is 0. The van der Waals surface area contributed by atoms with Crippen molar-refractivity contribution in [3.63, 3.8) is 0 Å². The summed E-state index contributed by atoms with van der Waals surface area (Å²) in [5, 5.41) is 0. The molecule has 0 N–H and O–H groups in total. The van der Waals surface area contributed by atoms with E-state index >= 15 is 0 Å². The molecule has 11 heteroatoms. The molecule has 0 aromatic rings. The van der Waals surface area contributed by atoms with Gasteiger partial charge in [0.1, 0.15) is 0 Å². The van der Waals surface area contributed by atoms with Crippen molar-refractivity contribution in [3.8, 4) is 0 Å². The van der Waals surface area contributed by atoms with Gasteiger partial charge in [-0.1, -0.05) is 171 Å². The van der Waals surface area contributed by atoms with Gasteiger partial charge in [-0.05, 0) is 174 Å². The van der Waals surface area contributed by atoms with Crippen LogP contribution in [0.15, 0.2) is 109 Å². The Morgan fingerprint density at radius 2 is 0.783 bits per heavy atom. The fourth-order valence-corrected chi connectivity index (χ4v) is 8.27. The first kappa shape index (κ1) is 95.5. The summed E-state index contributed by atoms with van der Waals surface area (Å²) in [6.07, 6.45) is 32.7. The van der Waals surface area contributed by atoms with Gasteiger partial charge in [-0.15, -0.1) is 24.5 Å². The number of ether oxygens (including phenoxy) is 4. The number of nitrogens with zero attached hydrogens (tertiary/aromatic N) is 4. The molecule has 5 atom stereocenters. The first-order valence-electron chi connectivity index (χ1n) is 31.3. The van der Waals surface area contributed by atoms with Gasteiger partial charge in [-0.3, -0.25) is 0 Å². The summed E-state index contributed by atoms with van der Waals surface area (Å²) in [6, 6.07) is 0. The maximum absolute atomic E-state index is 6.00. The van der Waals surface area contributed by atoms with E-state index < -0.39 is 0 Å². The Bertz CT molecular complexity index is 1630. The molecular weight excluding hydrogens is 1010 g/mol. The molecule has 0 aliphatic heterocycles. The predicted octanol–water partition coefficient (Wildman–Crippen LogP) is 9.35. The fourth-order valence-electron chi connectivity index (χ4n) is 8.27. The molecule has 0 saturated heterocycles. The summed E-state index contributed by atoms with van der Waals surface area (Å²) in [6.45, 7) is 62.7. The van der Waals surface area contributed by atoms with Crippen molar-refractivity contribution in [1.82, 2.24) is 19.6 Å². The average molecular weight is 1140 g/mol. The molecule has 8 nitrogen and oxygen atoms in total. The van der Waals surface area contributed by atoms with Gasteiger partial charge in [0, 0.05) is 26.4 Å². The van der Waals surface area contributed by atoms with Gasteiger partial charge in [0.15, 0.2) is 0 Å². The summed E-state index contributed by atoms with van der Waals surface area (Å²) < 4.78 is 23.8. The Morgan fingerprint density at radius 1 is 0.446 bits per heavy atom. The molecular formula is C72H135Li3N4O4. The standard InChI is InChI=1S/3C19H36NO.C15H27NO.3Li/c1-8-9-11-17(4)18(5)12-13-19(16(2)3)21-15-10-14-20(6)7;1-7-8-9-10-12-18(4)13-14-19(17(2)3)21-16-11-15-20(5)6;1-7-9-10-12-18(8-2)13-14-19(17(3)4)21-16-11-15-20(5)6;1-7-14(4)9-10-15(13(2)3)17-12-8-11-16(5)6;;;/h17,19H,2,4-5,8-15H2,1,3,6-7H3;12,19H,2,4,7-11,13-16H2,1,3,5-6H3;8,19H,2-3,7,9-16H2,1,4-6H3;7,15H,1-2,4,8-12H2,3,5-6H3;;;/q3*-1;;3*+1/b;18-12-;18-8-;;;;. The molecule has 0 aromatic heterocycles. The first-order chi connectivity index (χ1) is 37.8. The van der Waals surface area contributed by atoms with Crippen LogP contribution < -0.4 is 56.6 Å². The average Bonchev–Trinajstić information content (AvgIpc) is 3.39. The largest absolute Gasteiger partial charge is 1.00 e. The number of rotatable bonds is 49. The number of hydrogen-bond acceptors (Lipinski definition) is 8. The van der Waals surface area contributed by atoms with E-state index in [1.807, 2.05) is 19.1 Å². The van der Waals surface area contributed by atoms with Gasteiger partial charge < -0.3 is 45.5 Å². The van der Waals surface area contributed by atoms with E-state index in [9.17, 15) is 0 Å². The van der Waals surface area contributed by atoms with Gasteiger partial charge in [0.2, 0.25) is 0 Å². The minimum atomic E-state index is 0. The summed E-state index contributed by atoms with van der Waals surface area (Å²) in [7, 11) is 16.7. The van der Waals surface area contributed by atoms with Crippen LogP contribution in [-0.2, 0) is 18.9 Å². The van der Waals surface area contributed by atoms with Crippen LogP contribution in [0, 0.1) is 26.7 Å². The smallest absolute Gasteiger partial charge is 0.374 e. The molecule has 0 radical (unpaired) electrons. The molecule has 0 bridgehead atoms. The second-order valence-corrected chi connectivity index (χ2v) is 23.6. The maximum Gasteiger partial charge on any atom is 1.00 e. The van der Waals surface area contributed by atoms with Gasteiger partial charge in [0.25, 0.3) is 0 Å². The third-order valence-corrected chi connectivity index (χ3v) is 13.8. The summed E-state index contributed by atoms with van der Waals surface area (Å²) in [4.78, 5) is 8.73. The van der Waals surface area contributed by atoms with E-state index in [1.165, 1.54) is 74.5 Å². The zero-order valence-corrected chi connectivity index (χ0v) is 59.0. The molecule has 83 heavy (non-hydrogen) atoms. The molecule has 0 aliphatic rings. The second-order valence-electron chi connectivity index (χ2n) is 23.6. The molecule has 5 unspecified atom stereocenters. The van der Waals surface area contributed by atoms with Crippen LogP contribution in [0.5, 0.6) is 0 Å². The monoisotopic (exact) mass is 1140 g/mol. The molecule has 0 fully saturated rings. The van der Waals surface area contributed by atoms with Crippen molar-refractivity contribution >= 4 is 0 Å². The van der Waals surface area contributed by atoms with Crippen molar-refractivity contribution in [3.05, 3.63) is 130 Å².